The van der Waals surface area contributed by atoms with Crippen LogP contribution >= 0.6 is 11.8 Å². The fourth-order valence-corrected chi connectivity index (χ4v) is 4.58. The molecule has 1 fully saturated rings. The van der Waals surface area contributed by atoms with E-state index < -0.39 is 11.7 Å². The first kappa shape index (κ1) is 25.2. The summed E-state index contributed by atoms with van der Waals surface area (Å²) >= 11 is 1.53. The number of nitrogens with one attached hydrogen (secondary N) is 1. The highest BCUT2D eigenvalue weighted by molar-refractivity contribution is 7.98. The van der Waals surface area contributed by atoms with E-state index in [1.54, 1.807) is 6.20 Å². The first-order valence-electron chi connectivity index (χ1n) is 11.4. The van der Waals surface area contributed by atoms with Crippen LogP contribution in [0.3, 0.4) is 0 Å². The molecule has 2 N–H and O–H groups in total. The molecule has 0 saturated carbocycles. The van der Waals surface area contributed by atoms with E-state index in [9.17, 15) is 14.7 Å². The van der Waals surface area contributed by atoms with Crippen LogP contribution in [0.5, 0.6) is 0 Å². The number of nitrogens with zero attached hydrogens (tertiary/aromatic N) is 2. The van der Waals surface area contributed by atoms with Crippen LogP contribution in [0.2, 0.25) is 0 Å². The number of benzene rings is 1. The average molecular weight is 472 g/mol. The number of likely N-dealkylation sites (tertiary alicyclic amines) is 1. The molecule has 1 aliphatic heterocycles. The second kappa shape index (κ2) is 12.7. The van der Waals surface area contributed by atoms with Gasteiger partial charge in [0.2, 0.25) is 11.6 Å². The van der Waals surface area contributed by atoms with Crippen LogP contribution < -0.4 is 5.32 Å². The molecular formula is C25H33N3O4S. The number of aryl methyl sites for hydroxylation is 1. The lowest BCUT2D eigenvalue weighted by Crippen LogP contribution is -2.58. The zero-order valence-electron chi connectivity index (χ0n) is 19.1. The summed E-state index contributed by atoms with van der Waals surface area (Å²) in [7, 11) is 0. The minimum Gasteiger partial charge on any atom is -0.478 e. The topological polar surface area (TPSA) is 91.8 Å². The molecule has 178 valence electrons. The maximum atomic E-state index is 12.7. The molecule has 0 bridgehead atoms. The Labute approximate surface area is 199 Å². The van der Waals surface area contributed by atoms with E-state index in [0.29, 0.717) is 12.2 Å². The van der Waals surface area contributed by atoms with Gasteiger partial charge < -0.3 is 15.2 Å². The highest BCUT2D eigenvalue weighted by atomic mass is 32.2. The van der Waals surface area contributed by atoms with Crippen molar-refractivity contribution in [2.24, 2.45) is 0 Å². The van der Waals surface area contributed by atoms with E-state index in [4.69, 9.17) is 4.74 Å². The highest BCUT2D eigenvalue weighted by Gasteiger charge is 2.42. The molecule has 1 aromatic heterocycles. The van der Waals surface area contributed by atoms with Crippen LogP contribution in [0.4, 0.5) is 0 Å². The minimum atomic E-state index is -1.72. The summed E-state index contributed by atoms with van der Waals surface area (Å²) in [6.45, 7) is 1.92. The molecule has 1 saturated heterocycles. The predicted octanol–water partition coefficient (Wildman–Crippen LogP) is 3.35. The van der Waals surface area contributed by atoms with Crippen molar-refractivity contribution in [1.29, 1.82) is 0 Å². The van der Waals surface area contributed by atoms with Gasteiger partial charge in [-0.25, -0.2) is 4.79 Å². The molecule has 0 aliphatic carbocycles. The van der Waals surface area contributed by atoms with Gasteiger partial charge in [0.05, 0.1) is 6.61 Å². The Morgan fingerprint density at radius 2 is 2.03 bits per heavy atom. The molecule has 33 heavy (non-hydrogen) atoms. The van der Waals surface area contributed by atoms with Crippen LogP contribution in [-0.4, -0.2) is 63.8 Å². The molecular weight excluding hydrogens is 438 g/mol. The number of carbonyl (C=O) groups excluding carboxylic acids is 1. The number of hydrogen-bond donors (Lipinski definition) is 2. The Hall–Kier alpha value is -2.42. The summed E-state index contributed by atoms with van der Waals surface area (Å²) in [6, 6.07) is 13.7. The molecule has 1 aliphatic rings. The second-order valence-corrected chi connectivity index (χ2v) is 9.33. The molecule has 1 amide bonds. The third kappa shape index (κ3) is 7.55. The van der Waals surface area contributed by atoms with Crippen molar-refractivity contribution in [3.05, 3.63) is 66.0 Å². The summed E-state index contributed by atoms with van der Waals surface area (Å²) in [5.74, 6) is -0.905. The number of carboxylic acid groups (broad SMARTS) is 1. The fraction of sp³-hybridized carbons (Fsp3) is 0.480. The minimum absolute atomic E-state index is 0.0967. The number of carbonyl (C=O) groups is 2. The lowest BCUT2D eigenvalue weighted by Gasteiger charge is -2.33. The molecule has 8 heteroatoms. The summed E-state index contributed by atoms with van der Waals surface area (Å²) in [5.41, 5.74) is 0.431. The van der Waals surface area contributed by atoms with Gasteiger partial charge in [0.15, 0.2) is 0 Å². The first-order valence-corrected chi connectivity index (χ1v) is 12.8. The Balaban J connectivity index is 1.63. The molecule has 3 rings (SSSR count). The van der Waals surface area contributed by atoms with Gasteiger partial charge >= 0.3 is 5.97 Å². The van der Waals surface area contributed by atoms with Crippen LogP contribution in [-0.2, 0) is 27.3 Å². The third-order valence-electron chi connectivity index (χ3n) is 5.96. The lowest BCUT2D eigenvalue weighted by molar-refractivity contribution is -0.177. The number of amides is 1. The van der Waals surface area contributed by atoms with E-state index in [1.807, 2.05) is 54.9 Å². The fourth-order valence-electron chi connectivity index (χ4n) is 4.09. The van der Waals surface area contributed by atoms with E-state index in [2.05, 4.69) is 15.2 Å². The van der Waals surface area contributed by atoms with Crippen molar-refractivity contribution in [3.8, 4) is 0 Å². The summed E-state index contributed by atoms with van der Waals surface area (Å²) in [6.07, 6.45) is 8.44. The molecule has 0 spiro atoms. The maximum Gasteiger partial charge on any atom is 0.357 e. The summed E-state index contributed by atoms with van der Waals surface area (Å²) in [4.78, 5) is 31.5. The summed E-state index contributed by atoms with van der Waals surface area (Å²) in [5, 5.41) is 12.8. The Bertz CT molecular complexity index is 884. The van der Waals surface area contributed by atoms with Crippen LogP contribution in [0.1, 0.15) is 36.8 Å². The van der Waals surface area contributed by atoms with Crippen LogP contribution in [0, 0.1) is 0 Å². The first-order chi connectivity index (χ1) is 16.0. The van der Waals surface area contributed by atoms with E-state index in [1.165, 1.54) is 11.8 Å². The quantitative estimate of drug-likeness (QED) is 0.433. The predicted molar refractivity (Wildman–Crippen MR) is 130 cm³/mol. The van der Waals surface area contributed by atoms with Crippen molar-refractivity contribution in [2.75, 3.05) is 25.2 Å². The van der Waals surface area contributed by atoms with Gasteiger partial charge in [0.25, 0.3) is 0 Å². The number of aromatic nitrogens is 1. The number of aliphatic carboxylic acids is 1. The zero-order chi connectivity index (χ0) is 23.5. The van der Waals surface area contributed by atoms with Gasteiger partial charge in [-0.3, -0.25) is 14.7 Å². The van der Waals surface area contributed by atoms with Gasteiger partial charge in [-0.05, 0) is 55.0 Å². The smallest absolute Gasteiger partial charge is 0.357 e. The average Bonchev–Trinajstić information content (AvgIpc) is 3.27. The summed E-state index contributed by atoms with van der Waals surface area (Å²) < 4.78 is 6.07. The van der Waals surface area contributed by atoms with Crippen LogP contribution in [0.15, 0.2) is 54.9 Å². The normalized spacial score (nSPS) is 18.0. The number of ether oxygens (including phenoxy) is 1. The van der Waals surface area contributed by atoms with Gasteiger partial charge in [-0.1, -0.05) is 36.4 Å². The number of rotatable bonds is 13. The molecule has 2 heterocycles. The monoisotopic (exact) mass is 471 g/mol. The largest absolute Gasteiger partial charge is 0.478 e. The number of carboxylic acids is 1. The SMILES string of the molecule is CSCC[C@](NC(=O)CCc1ccccc1)(OC[C@@H]1CCCN1Cc1cccnc1)C(=O)O. The van der Waals surface area contributed by atoms with Crippen molar-refractivity contribution in [3.63, 3.8) is 0 Å². The Morgan fingerprint density at radius 3 is 2.73 bits per heavy atom. The Morgan fingerprint density at radius 1 is 1.24 bits per heavy atom. The number of hydrogen-bond acceptors (Lipinski definition) is 6. The third-order valence-corrected chi connectivity index (χ3v) is 6.57. The van der Waals surface area contributed by atoms with Gasteiger partial charge in [-0.15, -0.1) is 0 Å². The standard InChI is InChI=1S/C25H33N3O4S/c1-33-16-13-25(24(30)31,27-23(29)12-11-20-7-3-2-4-8-20)32-19-22-10-6-15-28(22)18-21-9-5-14-26-17-21/h2-5,7-9,14,17,22H,6,10-13,15-16,18-19H2,1H3,(H,27,29)(H,30,31)/t22-,25-/m0/s1. The molecule has 0 radical (unpaired) electrons. The van der Waals surface area contributed by atoms with Crippen molar-refractivity contribution < 1.29 is 19.4 Å². The van der Waals surface area contributed by atoms with Crippen molar-refractivity contribution >= 4 is 23.6 Å². The molecule has 2 atom stereocenters. The van der Waals surface area contributed by atoms with Crippen molar-refractivity contribution in [2.45, 2.75) is 50.4 Å². The van der Waals surface area contributed by atoms with Gasteiger partial charge in [0.1, 0.15) is 0 Å². The molecule has 1 aromatic carbocycles. The van der Waals surface area contributed by atoms with Gasteiger partial charge in [-0.2, -0.15) is 11.8 Å². The zero-order valence-corrected chi connectivity index (χ0v) is 19.9. The second-order valence-electron chi connectivity index (χ2n) is 8.35. The van der Waals surface area contributed by atoms with E-state index >= 15 is 0 Å². The maximum absolute atomic E-state index is 12.7. The number of thioether (sulfide) groups is 1. The Kier molecular flexibility index (Phi) is 9.72. The molecule has 2 aromatic rings. The van der Waals surface area contributed by atoms with E-state index in [-0.39, 0.29) is 31.4 Å². The van der Waals surface area contributed by atoms with Gasteiger partial charge in [0, 0.05) is 37.8 Å². The van der Waals surface area contributed by atoms with E-state index in [0.717, 1.165) is 37.1 Å². The van der Waals surface area contributed by atoms with Crippen molar-refractivity contribution in [1.82, 2.24) is 15.2 Å². The molecule has 7 nitrogen and oxygen atoms in total. The number of pyridine rings is 1. The lowest BCUT2D eigenvalue weighted by atomic mass is 10.1. The van der Waals surface area contributed by atoms with Crippen LogP contribution in [0.25, 0.3) is 0 Å². The molecule has 0 unspecified atom stereocenters. The highest BCUT2D eigenvalue weighted by Crippen LogP contribution is 2.24.